The highest BCUT2D eigenvalue weighted by Gasteiger charge is 2.21. The Morgan fingerprint density at radius 3 is 2.45 bits per heavy atom. The Hall–Kier alpha value is -1.26. The molecular weight excluding hydrogens is 256 g/mol. The van der Waals surface area contributed by atoms with E-state index in [0.29, 0.717) is 13.0 Å². The molecule has 1 atom stereocenters. The van der Waals surface area contributed by atoms with E-state index in [9.17, 15) is 9.59 Å². The topological polar surface area (TPSA) is 78.4 Å². The van der Waals surface area contributed by atoms with Crippen LogP contribution in [0.15, 0.2) is 0 Å². The molecule has 116 valence electrons. The van der Waals surface area contributed by atoms with E-state index in [1.807, 2.05) is 0 Å². The first-order valence-electron chi connectivity index (χ1n) is 7.80. The normalized spacial score (nSPS) is 23.9. The van der Waals surface area contributed by atoms with Gasteiger partial charge in [0.15, 0.2) is 0 Å². The predicted molar refractivity (Wildman–Crippen MR) is 78.6 cm³/mol. The van der Waals surface area contributed by atoms with Crippen LogP contribution in [-0.2, 0) is 4.79 Å². The van der Waals surface area contributed by atoms with Gasteiger partial charge in [-0.2, -0.15) is 0 Å². The molecule has 5 nitrogen and oxygen atoms in total. The standard InChI is InChI=1S/C15H28N2O3/c1-3-4-12-5-7-13(8-6-12)17-15(20)16-10-9-11(2)14(18)19/h11-13H,3-10H2,1-2H3,(H,18,19)(H2,16,17,20). The van der Waals surface area contributed by atoms with E-state index in [0.717, 1.165) is 18.8 Å². The maximum absolute atomic E-state index is 11.7. The van der Waals surface area contributed by atoms with Crippen molar-refractivity contribution in [2.45, 2.75) is 64.8 Å². The van der Waals surface area contributed by atoms with Gasteiger partial charge in [0.1, 0.15) is 0 Å². The number of urea groups is 1. The van der Waals surface area contributed by atoms with Gasteiger partial charge in [0, 0.05) is 12.6 Å². The fraction of sp³-hybridized carbons (Fsp3) is 0.867. The third kappa shape index (κ3) is 6.26. The van der Waals surface area contributed by atoms with E-state index in [1.54, 1.807) is 6.92 Å². The van der Waals surface area contributed by atoms with Gasteiger partial charge in [0.05, 0.1) is 5.92 Å². The molecule has 0 bridgehead atoms. The molecule has 1 unspecified atom stereocenters. The second kappa shape index (κ2) is 8.82. The summed E-state index contributed by atoms with van der Waals surface area (Å²) in [5.41, 5.74) is 0. The van der Waals surface area contributed by atoms with Crippen LogP contribution in [-0.4, -0.2) is 29.7 Å². The maximum atomic E-state index is 11.7. The summed E-state index contributed by atoms with van der Waals surface area (Å²) < 4.78 is 0. The summed E-state index contributed by atoms with van der Waals surface area (Å²) in [5, 5.41) is 14.5. The number of hydrogen-bond acceptors (Lipinski definition) is 2. The molecule has 20 heavy (non-hydrogen) atoms. The van der Waals surface area contributed by atoms with Crippen LogP contribution in [0, 0.1) is 11.8 Å². The third-order valence-corrected chi connectivity index (χ3v) is 4.16. The Labute approximate surface area is 121 Å². The SMILES string of the molecule is CCCC1CCC(NC(=O)NCCC(C)C(=O)O)CC1. The Bertz CT molecular complexity index is 312. The van der Waals surface area contributed by atoms with Crippen molar-refractivity contribution in [3.8, 4) is 0 Å². The fourth-order valence-electron chi connectivity index (χ4n) is 2.77. The van der Waals surface area contributed by atoms with Crippen molar-refractivity contribution < 1.29 is 14.7 Å². The van der Waals surface area contributed by atoms with E-state index in [4.69, 9.17) is 5.11 Å². The molecule has 0 spiro atoms. The largest absolute Gasteiger partial charge is 0.481 e. The molecule has 0 heterocycles. The molecule has 0 aromatic carbocycles. The summed E-state index contributed by atoms with van der Waals surface area (Å²) in [6, 6.07) is 0.113. The van der Waals surface area contributed by atoms with Crippen molar-refractivity contribution in [1.29, 1.82) is 0 Å². The molecule has 1 rings (SSSR count). The molecule has 0 aromatic rings. The average molecular weight is 284 g/mol. The highest BCUT2D eigenvalue weighted by Crippen LogP contribution is 2.27. The molecule has 0 saturated heterocycles. The van der Waals surface area contributed by atoms with Gasteiger partial charge in [-0.15, -0.1) is 0 Å². The Morgan fingerprint density at radius 2 is 1.90 bits per heavy atom. The van der Waals surface area contributed by atoms with E-state index >= 15 is 0 Å². The van der Waals surface area contributed by atoms with Crippen molar-refractivity contribution in [2.75, 3.05) is 6.54 Å². The number of carboxylic acids is 1. The summed E-state index contributed by atoms with van der Waals surface area (Å²) in [5.74, 6) is -0.404. The molecule has 1 saturated carbocycles. The minimum Gasteiger partial charge on any atom is -0.481 e. The zero-order valence-electron chi connectivity index (χ0n) is 12.7. The molecule has 1 fully saturated rings. The number of amides is 2. The molecule has 0 aromatic heterocycles. The van der Waals surface area contributed by atoms with E-state index in [1.165, 1.54) is 25.7 Å². The van der Waals surface area contributed by atoms with Gasteiger partial charge in [-0.25, -0.2) is 4.79 Å². The first kappa shape index (κ1) is 16.8. The van der Waals surface area contributed by atoms with Crippen LogP contribution in [0.4, 0.5) is 4.79 Å². The zero-order chi connectivity index (χ0) is 15.0. The maximum Gasteiger partial charge on any atom is 0.315 e. The molecule has 3 N–H and O–H groups in total. The molecule has 2 amide bonds. The van der Waals surface area contributed by atoms with Crippen molar-refractivity contribution in [2.24, 2.45) is 11.8 Å². The van der Waals surface area contributed by atoms with Gasteiger partial charge in [-0.1, -0.05) is 26.7 Å². The van der Waals surface area contributed by atoms with Crippen LogP contribution in [0.25, 0.3) is 0 Å². The Balaban J connectivity index is 2.12. The van der Waals surface area contributed by atoms with Crippen LogP contribution in [0.2, 0.25) is 0 Å². The van der Waals surface area contributed by atoms with E-state index in [-0.39, 0.29) is 12.1 Å². The van der Waals surface area contributed by atoms with Gasteiger partial charge >= 0.3 is 12.0 Å². The molecule has 5 heteroatoms. The van der Waals surface area contributed by atoms with Gasteiger partial charge in [-0.05, 0) is 38.0 Å². The summed E-state index contributed by atoms with van der Waals surface area (Å²) in [6.07, 6.45) is 7.53. The van der Waals surface area contributed by atoms with Gasteiger partial charge in [-0.3, -0.25) is 4.79 Å². The monoisotopic (exact) mass is 284 g/mol. The number of hydrogen-bond donors (Lipinski definition) is 3. The first-order chi connectivity index (χ1) is 9.52. The number of carboxylic acid groups (broad SMARTS) is 1. The number of carbonyl (C=O) groups excluding carboxylic acids is 1. The summed E-state index contributed by atoms with van der Waals surface area (Å²) >= 11 is 0. The van der Waals surface area contributed by atoms with Crippen LogP contribution in [0.5, 0.6) is 0 Å². The van der Waals surface area contributed by atoms with E-state index in [2.05, 4.69) is 17.6 Å². The number of carbonyl (C=O) groups is 2. The molecule has 0 aliphatic heterocycles. The second-order valence-electron chi connectivity index (χ2n) is 5.93. The molecular formula is C15H28N2O3. The summed E-state index contributed by atoms with van der Waals surface area (Å²) in [4.78, 5) is 22.3. The highest BCUT2D eigenvalue weighted by molar-refractivity contribution is 5.74. The third-order valence-electron chi connectivity index (χ3n) is 4.16. The average Bonchev–Trinajstić information content (AvgIpc) is 2.41. The lowest BCUT2D eigenvalue weighted by atomic mass is 9.83. The zero-order valence-corrected chi connectivity index (χ0v) is 12.7. The molecule has 1 aliphatic carbocycles. The lowest BCUT2D eigenvalue weighted by Crippen LogP contribution is -2.44. The van der Waals surface area contributed by atoms with Gasteiger partial charge in [0.2, 0.25) is 0 Å². The first-order valence-corrected chi connectivity index (χ1v) is 7.80. The molecule has 0 radical (unpaired) electrons. The quantitative estimate of drug-likeness (QED) is 0.672. The van der Waals surface area contributed by atoms with Crippen LogP contribution < -0.4 is 10.6 Å². The van der Waals surface area contributed by atoms with Crippen LogP contribution >= 0.6 is 0 Å². The number of aliphatic carboxylic acids is 1. The van der Waals surface area contributed by atoms with Crippen molar-refractivity contribution >= 4 is 12.0 Å². The lowest BCUT2D eigenvalue weighted by Gasteiger charge is -2.29. The highest BCUT2D eigenvalue weighted by atomic mass is 16.4. The molecule has 1 aliphatic rings. The minimum absolute atomic E-state index is 0.165. The van der Waals surface area contributed by atoms with Crippen molar-refractivity contribution in [3.05, 3.63) is 0 Å². The summed E-state index contributed by atoms with van der Waals surface area (Å²) in [6.45, 7) is 4.28. The Morgan fingerprint density at radius 1 is 1.25 bits per heavy atom. The minimum atomic E-state index is -0.818. The van der Waals surface area contributed by atoms with Crippen molar-refractivity contribution in [3.63, 3.8) is 0 Å². The second-order valence-corrected chi connectivity index (χ2v) is 5.93. The predicted octanol–water partition coefficient (Wildman–Crippen LogP) is 2.76. The van der Waals surface area contributed by atoms with Gasteiger partial charge in [0.25, 0.3) is 0 Å². The lowest BCUT2D eigenvalue weighted by molar-refractivity contribution is -0.141. The Kier molecular flexibility index (Phi) is 7.41. The van der Waals surface area contributed by atoms with Crippen molar-refractivity contribution in [1.82, 2.24) is 10.6 Å². The van der Waals surface area contributed by atoms with Crippen LogP contribution in [0.3, 0.4) is 0 Å². The number of nitrogens with one attached hydrogen (secondary N) is 2. The van der Waals surface area contributed by atoms with Crippen LogP contribution in [0.1, 0.15) is 58.8 Å². The summed E-state index contributed by atoms with van der Waals surface area (Å²) in [7, 11) is 0. The van der Waals surface area contributed by atoms with Gasteiger partial charge < -0.3 is 15.7 Å². The number of rotatable bonds is 7. The fourth-order valence-corrected chi connectivity index (χ4v) is 2.77. The van der Waals surface area contributed by atoms with E-state index < -0.39 is 11.9 Å². The smallest absolute Gasteiger partial charge is 0.315 e.